The minimum Gasteiger partial charge on any atom is -0.494 e. The zero-order valence-electron chi connectivity index (χ0n) is 17.3. The van der Waals surface area contributed by atoms with Gasteiger partial charge < -0.3 is 4.74 Å². The maximum Gasteiger partial charge on any atom is 0.260 e. The van der Waals surface area contributed by atoms with Crippen molar-refractivity contribution in [3.05, 3.63) is 88.9 Å². The van der Waals surface area contributed by atoms with Crippen LogP contribution in [0.1, 0.15) is 35.7 Å². The van der Waals surface area contributed by atoms with Gasteiger partial charge in [0.25, 0.3) is 5.91 Å². The number of carbonyl (C=O) groups is 1. The first-order valence-corrected chi connectivity index (χ1v) is 11.5. The molecular weight excluding hydrogens is 428 g/mol. The summed E-state index contributed by atoms with van der Waals surface area (Å²) in [4.78, 5) is 19.9. The van der Waals surface area contributed by atoms with Gasteiger partial charge in [0.15, 0.2) is 5.13 Å². The quantitative estimate of drug-likeness (QED) is 0.272. The molecule has 0 saturated heterocycles. The van der Waals surface area contributed by atoms with Crippen molar-refractivity contribution in [2.45, 2.75) is 26.3 Å². The second kappa shape index (κ2) is 9.94. The van der Waals surface area contributed by atoms with Crippen molar-refractivity contribution in [3.8, 4) is 5.75 Å². The van der Waals surface area contributed by atoms with Crippen molar-refractivity contribution in [1.29, 1.82) is 0 Å². The van der Waals surface area contributed by atoms with Gasteiger partial charge in [-0.25, -0.2) is 4.98 Å². The van der Waals surface area contributed by atoms with Crippen LogP contribution in [0.25, 0.3) is 10.2 Å². The third-order valence-corrected chi connectivity index (χ3v) is 6.23. The molecule has 1 heterocycles. The predicted octanol–water partition coefficient (Wildman–Crippen LogP) is 6.98. The average Bonchev–Trinajstić information content (AvgIpc) is 3.24. The number of para-hydroxylation sites is 1. The lowest BCUT2D eigenvalue weighted by atomic mass is 10.1. The number of benzene rings is 3. The largest absolute Gasteiger partial charge is 0.494 e. The summed E-state index contributed by atoms with van der Waals surface area (Å²) < 4.78 is 6.68. The Morgan fingerprint density at radius 3 is 2.52 bits per heavy atom. The summed E-state index contributed by atoms with van der Waals surface area (Å²) in [5.74, 6) is 0.658. The van der Waals surface area contributed by atoms with Crippen molar-refractivity contribution in [3.63, 3.8) is 0 Å². The van der Waals surface area contributed by atoms with Gasteiger partial charge >= 0.3 is 0 Å². The fourth-order valence-electron chi connectivity index (χ4n) is 3.19. The molecule has 0 radical (unpaired) electrons. The van der Waals surface area contributed by atoms with Crippen LogP contribution in [0.15, 0.2) is 72.8 Å². The van der Waals surface area contributed by atoms with Crippen LogP contribution in [0.5, 0.6) is 5.75 Å². The molecule has 4 nitrogen and oxygen atoms in total. The summed E-state index contributed by atoms with van der Waals surface area (Å²) in [7, 11) is 0. The molecule has 31 heavy (non-hydrogen) atoms. The van der Waals surface area contributed by atoms with E-state index in [1.54, 1.807) is 4.90 Å². The fourth-order valence-corrected chi connectivity index (χ4v) is 4.46. The van der Waals surface area contributed by atoms with E-state index in [0.717, 1.165) is 34.4 Å². The number of amides is 1. The lowest BCUT2D eigenvalue weighted by Crippen LogP contribution is -2.30. The first-order valence-electron chi connectivity index (χ1n) is 10.3. The number of hydrogen-bond acceptors (Lipinski definition) is 4. The molecule has 0 unspecified atom stereocenters. The molecule has 4 aromatic rings. The first-order chi connectivity index (χ1) is 15.2. The van der Waals surface area contributed by atoms with Gasteiger partial charge in [-0.1, -0.05) is 72.7 Å². The molecular formula is C25H23ClN2O2S. The van der Waals surface area contributed by atoms with E-state index < -0.39 is 0 Å². The highest BCUT2D eigenvalue weighted by Crippen LogP contribution is 2.34. The van der Waals surface area contributed by atoms with Crippen molar-refractivity contribution < 1.29 is 9.53 Å². The van der Waals surface area contributed by atoms with E-state index in [0.29, 0.717) is 28.9 Å². The lowest BCUT2D eigenvalue weighted by Gasteiger charge is -2.20. The first kappa shape index (κ1) is 21.3. The smallest absolute Gasteiger partial charge is 0.260 e. The highest BCUT2D eigenvalue weighted by atomic mass is 35.5. The fraction of sp³-hybridized carbons (Fsp3) is 0.200. The van der Waals surface area contributed by atoms with Gasteiger partial charge in [-0.3, -0.25) is 9.69 Å². The summed E-state index contributed by atoms with van der Waals surface area (Å²) in [5, 5.41) is 1.21. The number of thiazole rings is 1. The number of halogens is 1. The number of hydrogen-bond donors (Lipinski definition) is 0. The SMILES string of the molecule is CCCCOc1ccc(C(=O)N(Cc2ccccc2)c2nc3c(Cl)cccc3s2)cc1. The maximum absolute atomic E-state index is 13.5. The summed E-state index contributed by atoms with van der Waals surface area (Å²) in [5.41, 5.74) is 2.33. The Labute approximate surface area is 191 Å². The normalized spacial score (nSPS) is 10.9. The highest BCUT2D eigenvalue weighted by molar-refractivity contribution is 7.22. The molecule has 1 aromatic heterocycles. The second-order valence-corrected chi connectivity index (χ2v) is 8.60. The van der Waals surface area contributed by atoms with E-state index in [2.05, 4.69) is 11.9 Å². The standard InChI is InChI=1S/C25H23ClN2O2S/c1-2-3-16-30-20-14-12-19(13-15-20)24(29)28(17-18-8-5-4-6-9-18)25-27-23-21(26)10-7-11-22(23)31-25/h4-15H,2-3,16-17H2,1H3. The van der Waals surface area contributed by atoms with Crippen molar-refractivity contribution in [1.82, 2.24) is 4.98 Å². The van der Waals surface area contributed by atoms with Gasteiger partial charge in [0.1, 0.15) is 11.3 Å². The third kappa shape index (κ3) is 5.06. The highest BCUT2D eigenvalue weighted by Gasteiger charge is 2.22. The lowest BCUT2D eigenvalue weighted by molar-refractivity contribution is 0.0985. The zero-order chi connectivity index (χ0) is 21.6. The van der Waals surface area contributed by atoms with Crippen LogP contribution >= 0.6 is 22.9 Å². The van der Waals surface area contributed by atoms with Crippen molar-refractivity contribution >= 4 is 44.2 Å². The third-order valence-electron chi connectivity index (χ3n) is 4.89. The minimum absolute atomic E-state index is 0.112. The van der Waals surface area contributed by atoms with Gasteiger partial charge in [0, 0.05) is 5.56 Å². The minimum atomic E-state index is -0.112. The van der Waals surface area contributed by atoms with Crippen LogP contribution in [0, 0.1) is 0 Å². The topological polar surface area (TPSA) is 42.4 Å². The average molecular weight is 451 g/mol. The second-order valence-electron chi connectivity index (χ2n) is 7.19. The number of anilines is 1. The number of unbranched alkanes of at least 4 members (excludes halogenated alkanes) is 1. The number of rotatable bonds is 8. The van der Waals surface area contributed by atoms with Crippen LogP contribution in [0.2, 0.25) is 5.02 Å². The molecule has 0 aliphatic heterocycles. The zero-order valence-corrected chi connectivity index (χ0v) is 18.8. The van der Waals surface area contributed by atoms with E-state index in [4.69, 9.17) is 16.3 Å². The summed E-state index contributed by atoms with van der Waals surface area (Å²) in [6.07, 6.45) is 2.09. The Morgan fingerprint density at radius 1 is 1.03 bits per heavy atom. The number of ether oxygens (including phenoxy) is 1. The Morgan fingerprint density at radius 2 is 1.81 bits per heavy atom. The summed E-state index contributed by atoms with van der Waals surface area (Å²) >= 11 is 7.79. The Bertz CT molecular complexity index is 1160. The monoisotopic (exact) mass is 450 g/mol. The summed E-state index contributed by atoms with van der Waals surface area (Å²) in [6, 6.07) is 22.9. The molecule has 0 saturated carbocycles. The van der Waals surface area contributed by atoms with E-state index in [-0.39, 0.29) is 5.91 Å². The Balaban J connectivity index is 1.64. The van der Waals surface area contributed by atoms with E-state index >= 15 is 0 Å². The predicted molar refractivity (Wildman–Crippen MR) is 128 cm³/mol. The van der Waals surface area contributed by atoms with Gasteiger partial charge in [-0.05, 0) is 48.4 Å². The molecule has 0 fully saturated rings. The van der Waals surface area contributed by atoms with Crippen LogP contribution in [0.4, 0.5) is 5.13 Å². The molecule has 3 aromatic carbocycles. The molecule has 0 bridgehead atoms. The van der Waals surface area contributed by atoms with Gasteiger partial charge in [0.05, 0.1) is 22.9 Å². The Kier molecular flexibility index (Phi) is 6.85. The van der Waals surface area contributed by atoms with Crippen LogP contribution < -0.4 is 9.64 Å². The molecule has 0 N–H and O–H groups in total. The molecule has 4 rings (SSSR count). The number of carbonyl (C=O) groups excluding carboxylic acids is 1. The molecule has 0 atom stereocenters. The van der Waals surface area contributed by atoms with Gasteiger partial charge in [-0.2, -0.15) is 0 Å². The van der Waals surface area contributed by atoms with Gasteiger partial charge in [0.2, 0.25) is 0 Å². The van der Waals surface area contributed by atoms with Gasteiger partial charge in [-0.15, -0.1) is 0 Å². The van der Waals surface area contributed by atoms with E-state index in [1.807, 2.05) is 72.8 Å². The molecule has 0 aliphatic rings. The molecule has 0 aliphatic carbocycles. The van der Waals surface area contributed by atoms with E-state index in [1.165, 1.54) is 11.3 Å². The number of nitrogens with zero attached hydrogens (tertiary/aromatic N) is 2. The Hall–Kier alpha value is -2.89. The van der Waals surface area contributed by atoms with Crippen LogP contribution in [-0.2, 0) is 6.54 Å². The van der Waals surface area contributed by atoms with Crippen LogP contribution in [-0.4, -0.2) is 17.5 Å². The molecule has 6 heteroatoms. The molecule has 158 valence electrons. The molecule has 1 amide bonds. The van der Waals surface area contributed by atoms with Crippen molar-refractivity contribution in [2.75, 3.05) is 11.5 Å². The van der Waals surface area contributed by atoms with E-state index in [9.17, 15) is 4.79 Å². The maximum atomic E-state index is 13.5. The number of aromatic nitrogens is 1. The molecule has 0 spiro atoms. The van der Waals surface area contributed by atoms with Crippen molar-refractivity contribution in [2.24, 2.45) is 0 Å². The van der Waals surface area contributed by atoms with Crippen LogP contribution in [0.3, 0.4) is 0 Å². The summed E-state index contributed by atoms with van der Waals surface area (Å²) in [6.45, 7) is 3.23. The number of fused-ring (bicyclic) bond motifs is 1.